The summed E-state index contributed by atoms with van der Waals surface area (Å²) in [6.45, 7) is 0.383. The molecule has 22 heavy (non-hydrogen) atoms. The molecule has 0 fully saturated rings. The summed E-state index contributed by atoms with van der Waals surface area (Å²) in [6, 6.07) is 11.1. The molecule has 0 aliphatic carbocycles. The summed E-state index contributed by atoms with van der Waals surface area (Å²) in [6.07, 6.45) is 0. The van der Waals surface area contributed by atoms with Crippen molar-refractivity contribution >= 4 is 5.91 Å². The molecule has 2 aromatic carbocycles. The second-order valence-corrected chi connectivity index (χ2v) is 4.85. The zero-order chi connectivity index (χ0) is 16.1. The Balaban J connectivity index is 2.18. The van der Waals surface area contributed by atoms with E-state index in [2.05, 4.69) is 0 Å². The molecule has 0 heterocycles. The van der Waals surface area contributed by atoms with Crippen LogP contribution in [-0.4, -0.2) is 32.1 Å². The molecule has 0 aromatic heterocycles. The molecule has 116 valence electrons. The lowest BCUT2D eigenvalue weighted by Gasteiger charge is -2.19. The van der Waals surface area contributed by atoms with Crippen molar-refractivity contribution in [3.63, 3.8) is 0 Å². The maximum Gasteiger partial charge on any atom is 0.257 e. The number of halogens is 1. The van der Waals surface area contributed by atoms with E-state index in [0.29, 0.717) is 23.6 Å². The summed E-state index contributed by atoms with van der Waals surface area (Å²) in [7, 11) is 4.75. The van der Waals surface area contributed by atoms with E-state index >= 15 is 0 Å². The van der Waals surface area contributed by atoms with Gasteiger partial charge in [-0.3, -0.25) is 4.79 Å². The van der Waals surface area contributed by atoms with Crippen molar-refractivity contribution in [1.82, 2.24) is 4.90 Å². The van der Waals surface area contributed by atoms with E-state index in [1.807, 2.05) is 0 Å². The predicted octanol–water partition coefficient (Wildman–Crippen LogP) is 3.12. The maximum atomic E-state index is 12.9. The van der Waals surface area contributed by atoms with Crippen molar-refractivity contribution in [3.05, 3.63) is 59.4 Å². The molecule has 0 atom stereocenters. The molecule has 0 radical (unpaired) electrons. The summed E-state index contributed by atoms with van der Waals surface area (Å²) in [5.74, 6) is 0.600. The summed E-state index contributed by atoms with van der Waals surface area (Å²) in [5.41, 5.74) is 1.30. The summed E-state index contributed by atoms with van der Waals surface area (Å²) >= 11 is 0. The third-order valence-corrected chi connectivity index (χ3v) is 3.32. The molecule has 2 aromatic rings. The van der Waals surface area contributed by atoms with Gasteiger partial charge in [0.2, 0.25) is 0 Å². The van der Waals surface area contributed by atoms with E-state index in [1.165, 1.54) is 19.2 Å². The summed E-state index contributed by atoms with van der Waals surface area (Å²) < 4.78 is 23.3. The summed E-state index contributed by atoms with van der Waals surface area (Å²) in [4.78, 5) is 14.1. The second-order valence-electron chi connectivity index (χ2n) is 4.85. The Labute approximate surface area is 129 Å². The zero-order valence-corrected chi connectivity index (χ0v) is 12.8. The first kappa shape index (κ1) is 15.8. The van der Waals surface area contributed by atoms with Crippen molar-refractivity contribution < 1.29 is 18.7 Å². The minimum Gasteiger partial charge on any atom is -0.497 e. The van der Waals surface area contributed by atoms with Crippen LogP contribution in [0, 0.1) is 5.82 Å². The number of ether oxygens (including phenoxy) is 2. The number of rotatable bonds is 5. The molecule has 0 N–H and O–H groups in total. The normalized spacial score (nSPS) is 10.2. The number of carbonyl (C=O) groups is 1. The first-order valence-corrected chi connectivity index (χ1v) is 6.77. The van der Waals surface area contributed by atoms with Gasteiger partial charge >= 0.3 is 0 Å². The van der Waals surface area contributed by atoms with Gasteiger partial charge in [0.15, 0.2) is 0 Å². The number of amides is 1. The second kappa shape index (κ2) is 6.93. The van der Waals surface area contributed by atoms with Crippen LogP contribution >= 0.6 is 0 Å². The zero-order valence-electron chi connectivity index (χ0n) is 12.8. The van der Waals surface area contributed by atoms with Gasteiger partial charge in [0.1, 0.15) is 17.3 Å². The Morgan fingerprint density at radius 1 is 1.09 bits per heavy atom. The molecule has 0 spiro atoms. The van der Waals surface area contributed by atoms with Gasteiger partial charge in [0.05, 0.1) is 19.8 Å². The monoisotopic (exact) mass is 303 g/mol. The van der Waals surface area contributed by atoms with E-state index in [4.69, 9.17) is 9.47 Å². The molecular weight excluding hydrogens is 285 g/mol. The molecule has 0 aliphatic rings. The Bertz CT molecular complexity index is 655. The molecule has 2 rings (SSSR count). The average molecular weight is 303 g/mol. The lowest BCUT2D eigenvalue weighted by molar-refractivity contribution is 0.0781. The van der Waals surface area contributed by atoms with E-state index in [-0.39, 0.29) is 11.7 Å². The van der Waals surface area contributed by atoms with Crippen LogP contribution in [0.1, 0.15) is 15.9 Å². The van der Waals surface area contributed by atoms with Gasteiger partial charge in [-0.1, -0.05) is 12.1 Å². The van der Waals surface area contributed by atoms with Gasteiger partial charge in [-0.25, -0.2) is 4.39 Å². The van der Waals surface area contributed by atoms with Crippen LogP contribution < -0.4 is 9.47 Å². The van der Waals surface area contributed by atoms with E-state index in [0.717, 1.165) is 5.56 Å². The maximum absolute atomic E-state index is 12.9. The Kier molecular flexibility index (Phi) is 4.99. The van der Waals surface area contributed by atoms with Crippen LogP contribution in [-0.2, 0) is 6.54 Å². The standard InChI is InChI=1S/C17H18FNO3/c1-19(11-12-4-6-13(18)7-5-12)17(20)15-9-8-14(21-2)10-16(15)22-3/h4-10H,11H2,1-3H3. The van der Waals surface area contributed by atoms with Crippen LogP contribution in [0.5, 0.6) is 11.5 Å². The summed E-state index contributed by atoms with van der Waals surface area (Å²) in [5, 5.41) is 0. The number of nitrogens with zero attached hydrogens (tertiary/aromatic N) is 1. The molecule has 0 unspecified atom stereocenters. The number of hydrogen-bond donors (Lipinski definition) is 0. The Hall–Kier alpha value is -2.56. The van der Waals surface area contributed by atoms with Gasteiger partial charge in [-0.05, 0) is 29.8 Å². The highest BCUT2D eigenvalue weighted by atomic mass is 19.1. The van der Waals surface area contributed by atoms with Gasteiger partial charge in [0, 0.05) is 19.7 Å². The van der Waals surface area contributed by atoms with Crippen LogP contribution in [0.2, 0.25) is 0 Å². The number of hydrogen-bond acceptors (Lipinski definition) is 3. The molecule has 0 saturated heterocycles. The number of methoxy groups -OCH3 is 2. The number of benzene rings is 2. The molecule has 0 bridgehead atoms. The van der Waals surface area contributed by atoms with Crippen molar-refractivity contribution in [3.8, 4) is 11.5 Å². The third kappa shape index (κ3) is 3.55. The largest absolute Gasteiger partial charge is 0.497 e. The molecule has 1 amide bonds. The van der Waals surface area contributed by atoms with Crippen LogP contribution in [0.4, 0.5) is 4.39 Å². The fraction of sp³-hybridized carbons (Fsp3) is 0.235. The third-order valence-electron chi connectivity index (χ3n) is 3.32. The lowest BCUT2D eigenvalue weighted by atomic mass is 10.1. The predicted molar refractivity (Wildman–Crippen MR) is 81.7 cm³/mol. The van der Waals surface area contributed by atoms with E-state index < -0.39 is 0 Å². The van der Waals surface area contributed by atoms with Gasteiger partial charge < -0.3 is 14.4 Å². The Morgan fingerprint density at radius 3 is 2.36 bits per heavy atom. The van der Waals surface area contributed by atoms with Gasteiger partial charge in [-0.2, -0.15) is 0 Å². The number of carbonyl (C=O) groups excluding carboxylic acids is 1. The lowest BCUT2D eigenvalue weighted by Crippen LogP contribution is -2.26. The fourth-order valence-corrected chi connectivity index (χ4v) is 2.12. The fourth-order valence-electron chi connectivity index (χ4n) is 2.12. The molecule has 0 aliphatic heterocycles. The van der Waals surface area contributed by atoms with Crippen molar-refractivity contribution in [2.45, 2.75) is 6.54 Å². The highest BCUT2D eigenvalue weighted by molar-refractivity contribution is 5.97. The highest BCUT2D eigenvalue weighted by Gasteiger charge is 2.17. The average Bonchev–Trinajstić information content (AvgIpc) is 2.55. The minimum atomic E-state index is -0.297. The van der Waals surface area contributed by atoms with E-state index in [1.54, 1.807) is 49.4 Å². The first-order valence-electron chi connectivity index (χ1n) is 6.77. The first-order chi connectivity index (χ1) is 10.5. The SMILES string of the molecule is COc1ccc(C(=O)N(C)Cc2ccc(F)cc2)c(OC)c1. The van der Waals surface area contributed by atoms with E-state index in [9.17, 15) is 9.18 Å². The quantitative estimate of drug-likeness (QED) is 0.852. The molecule has 4 nitrogen and oxygen atoms in total. The van der Waals surface area contributed by atoms with Crippen LogP contribution in [0.15, 0.2) is 42.5 Å². The van der Waals surface area contributed by atoms with Crippen molar-refractivity contribution in [2.24, 2.45) is 0 Å². The highest BCUT2D eigenvalue weighted by Crippen LogP contribution is 2.25. The van der Waals surface area contributed by atoms with Gasteiger partial charge in [0.25, 0.3) is 5.91 Å². The van der Waals surface area contributed by atoms with Crippen molar-refractivity contribution in [2.75, 3.05) is 21.3 Å². The molecule has 0 saturated carbocycles. The molecule has 5 heteroatoms. The van der Waals surface area contributed by atoms with Crippen LogP contribution in [0.3, 0.4) is 0 Å². The Morgan fingerprint density at radius 2 is 1.77 bits per heavy atom. The minimum absolute atomic E-state index is 0.177. The smallest absolute Gasteiger partial charge is 0.257 e. The van der Waals surface area contributed by atoms with Gasteiger partial charge in [-0.15, -0.1) is 0 Å². The molecular formula is C17H18FNO3. The van der Waals surface area contributed by atoms with Crippen molar-refractivity contribution in [1.29, 1.82) is 0 Å². The topological polar surface area (TPSA) is 38.8 Å². The van der Waals surface area contributed by atoms with Crippen LogP contribution in [0.25, 0.3) is 0 Å².